The second-order valence-corrected chi connectivity index (χ2v) is 3.60. The highest BCUT2D eigenvalue weighted by atomic mass is 15.3. The summed E-state index contributed by atoms with van der Waals surface area (Å²) in [6.45, 7) is 4.96. The minimum absolute atomic E-state index is 0.519. The van der Waals surface area contributed by atoms with Crippen LogP contribution in [0.15, 0.2) is 0 Å². The van der Waals surface area contributed by atoms with Gasteiger partial charge in [-0.2, -0.15) is 10.4 Å². The third-order valence-electron chi connectivity index (χ3n) is 2.48. The standard InChI is InChI=1S/C11H18N4/c1-3-5-6-7-15-11(13)9(8-12)10(4-2)14-15/h3-7,13H2,1-2H3. The summed E-state index contributed by atoms with van der Waals surface area (Å²) in [5.41, 5.74) is 7.21. The van der Waals surface area contributed by atoms with E-state index < -0.39 is 0 Å². The van der Waals surface area contributed by atoms with Crippen molar-refractivity contribution in [3.8, 4) is 6.07 Å². The number of aryl methyl sites for hydroxylation is 2. The quantitative estimate of drug-likeness (QED) is 0.750. The molecule has 0 aliphatic carbocycles. The lowest BCUT2D eigenvalue weighted by molar-refractivity contribution is 0.554. The molecule has 4 nitrogen and oxygen atoms in total. The van der Waals surface area contributed by atoms with Crippen LogP contribution in [0.1, 0.15) is 44.4 Å². The van der Waals surface area contributed by atoms with Crippen molar-refractivity contribution in [1.29, 1.82) is 5.26 Å². The van der Waals surface area contributed by atoms with Gasteiger partial charge in [0.1, 0.15) is 17.5 Å². The molecule has 0 unspecified atom stereocenters. The number of anilines is 1. The number of nitrogens with zero attached hydrogens (tertiary/aromatic N) is 3. The number of nitriles is 1. The molecule has 0 aliphatic rings. The Labute approximate surface area is 90.7 Å². The van der Waals surface area contributed by atoms with Crippen molar-refractivity contribution in [2.45, 2.75) is 46.1 Å². The fraction of sp³-hybridized carbons (Fsp3) is 0.636. The Morgan fingerprint density at radius 3 is 2.60 bits per heavy atom. The molecule has 15 heavy (non-hydrogen) atoms. The maximum absolute atomic E-state index is 8.93. The van der Waals surface area contributed by atoms with Gasteiger partial charge in [0, 0.05) is 6.54 Å². The first kappa shape index (κ1) is 11.6. The summed E-state index contributed by atoms with van der Waals surface area (Å²) in [6.07, 6.45) is 4.17. The molecule has 0 amide bonds. The minimum atomic E-state index is 0.519. The average molecular weight is 206 g/mol. The number of hydrogen-bond acceptors (Lipinski definition) is 3. The third kappa shape index (κ3) is 2.50. The second kappa shape index (κ2) is 5.40. The normalized spacial score (nSPS) is 10.2. The van der Waals surface area contributed by atoms with Gasteiger partial charge in [-0.25, -0.2) is 4.68 Å². The molecule has 0 spiro atoms. The lowest BCUT2D eigenvalue weighted by Crippen LogP contribution is -2.05. The number of unbranched alkanes of at least 4 members (excludes halogenated alkanes) is 2. The molecule has 0 bridgehead atoms. The van der Waals surface area contributed by atoms with Crippen molar-refractivity contribution < 1.29 is 0 Å². The summed E-state index contributed by atoms with van der Waals surface area (Å²) in [7, 11) is 0. The number of nitrogens with two attached hydrogens (primary N) is 1. The highest BCUT2D eigenvalue weighted by Gasteiger charge is 2.12. The molecule has 0 atom stereocenters. The van der Waals surface area contributed by atoms with Crippen molar-refractivity contribution in [1.82, 2.24) is 9.78 Å². The zero-order valence-corrected chi connectivity index (χ0v) is 9.45. The van der Waals surface area contributed by atoms with E-state index in [4.69, 9.17) is 11.0 Å². The molecule has 0 aromatic carbocycles. The lowest BCUT2D eigenvalue weighted by Gasteiger charge is -2.02. The zero-order chi connectivity index (χ0) is 11.3. The number of rotatable bonds is 5. The molecular weight excluding hydrogens is 188 g/mol. The summed E-state index contributed by atoms with van der Waals surface area (Å²) < 4.78 is 1.76. The number of nitrogen functional groups attached to an aromatic ring is 1. The second-order valence-electron chi connectivity index (χ2n) is 3.60. The molecule has 1 aromatic rings. The van der Waals surface area contributed by atoms with Crippen LogP contribution < -0.4 is 5.73 Å². The van der Waals surface area contributed by atoms with Gasteiger partial charge in [-0.15, -0.1) is 0 Å². The van der Waals surface area contributed by atoms with E-state index in [-0.39, 0.29) is 0 Å². The summed E-state index contributed by atoms with van der Waals surface area (Å²) in [5, 5.41) is 13.3. The van der Waals surface area contributed by atoms with Gasteiger partial charge in [-0.05, 0) is 12.8 Å². The van der Waals surface area contributed by atoms with E-state index in [0.717, 1.165) is 25.1 Å². The van der Waals surface area contributed by atoms with E-state index in [1.165, 1.54) is 12.8 Å². The van der Waals surface area contributed by atoms with Gasteiger partial charge in [0.25, 0.3) is 0 Å². The van der Waals surface area contributed by atoms with Crippen LogP contribution in [0.3, 0.4) is 0 Å². The van der Waals surface area contributed by atoms with Gasteiger partial charge < -0.3 is 5.73 Å². The summed E-state index contributed by atoms with van der Waals surface area (Å²) in [6, 6.07) is 2.12. The largest absolute Gasteiger partial charge is 0.383 e. The van der Waals surface area contributed by atoms with Crippen molar-refractivity contribution in [2.75, 3.05) is 5.73 Å². The SMILES string of the molecule is CCCCCn1nc(CC)c(C#N)c1N. The van der Waals surface area contributed by atoms with Gasteiger partial charge in [0.05, 0.1) is 5.69 Å². The van der Waals surface area contributed by atoms with Crippen LogP contribution in [0.25, 0.3) is 0 Å². The summed E-state index contributed by atoms with van der Waals surface area (Å²) in [4.78, 5) is 0. The van der Waals surface area contributed by atoms with E-state index >= 15 is 0 Å². The van der Waals surface area contributed by atoms with Crippen molar-refractivity contribution >= 4 is 5.82 Å². The molecule has 1 heterocycles. The van der Waals surface area contributed by atoms with Crippen molar-refractivity contribution in [3.05, 3.63) is 11.3 Å². The molecule has 0 saturated carbocycles. The molecule has 4 heteroatoms. The molecule has 0 aliphatic heterocycles. The Balaban J connectivity index is 2.81. The van der Waals surface area contributed by atoms with E-state index in [0.29, 0.717) is 11.4 Å². The van der Waals surface area contributed by atoms with E-state index in [1.807, 2.05) is 6.92 Å². The molecule has 82 valence electrons. The maximum Gasteiger partial charge on any atom is 0.140 e. The number of hydrogen-bond donors (Lipinski definition) is 1. The van der Waals surface area contributed by atoms with Gasteiger partial charge in [-0.3, -0.25) is 0 Å². The molecule has 1 rings (SSSR count). The first-order chi connectivity index (χ1) is 7.24. The minimum Gasteiger partial charge on any atom is -0.383 e. The predicted octanol–water partition coefficient (Wildman–Crippen LogP) is 2.09. The Kier molecular flexibility index (Phi) is 4.17. The smallest absolute Gasteiger partial charge is 0.140 e. The first-order valence-corrected chi connectivity index (χ1v) is 5.49. The zero-order valence-electron chi connectivity index (χ0n) is 9.45. The van der Waals surface area contributed by atoms with Gasteiger partial charge in [0.2, 0.25) is 0 Å². The molecular formula is C11H18N4. The van der Waals surface area contributed by atoms with Crippen LogP contribution in [0, 0.1) is 11.3 Å². The fourth-order valence-electron chi connectivity index (χ4n) is 1.58. The topological polar surface area (TPSA) is 67.6 Å². The van der Waals surface area contributed by atoms with Gasteiger partial charge >= 0.3 is 0 Å². The average Bonchev–Trinajstić information content (AvgIpc) is 2.55. The highest BCUT2D eigenvalue weighted by Crippen LogP contribution is 2.16. The maximum atomic E-state index is 8.93. The molecule has 2 N–H and O–H groups in total. The van der Waals surface area contributed by atoms with Crippen LogP contribution in [-0.4, -0.2) is 9.78 Å². The number of aromatic nitrogens is 2. The molecule has 0 radical (unpaired) electrons. The monoisotopic (exact) mass is 206 g/mol. The first-order valence-electron chi connectivity index (χ1n) is 5.49. The summed E-state index contributed by atoms with van der Waals surface area (Å²) >= 11 is 0. The van der Waals surface area contributed by atoms with Crippen molar-refractivity contribution in [3.63, 3.8) is 0 Å². The summed E-state index contributed by atoms with van der Waals surface area (Å²) in [5.74, 6) is 0.519. The fourth-order valence-corrected chi connectivity index (χ4v) is 1.58. The Morgan fingerprint density at radius 2 is 2.13 bits per heavy atom. The van der Waals surface area contributed by atoms with Gasteiger partial charge in [0.15, 0.2) is 0 Å². The van der Waals surface area contributed by atoms with Crippen LogP contribution >= 0.6 is 0 Å². The van der Waals surface area contributed by atoms with Crippen LogP contribution in [-0.2, 0) is 13.0 Å². The molecule has 1 aromatic heterocycles. The van der Waals surface area contributed by atoms with Crippen LogP contribution in [0.5, 0.6) is 0 Å². The molecule has 0 saturated heterocycles. The van der Waals surface area contributed by atoms with E-state index in [1.54, 1.807) is 4.68 Å². The third-order valence-corrected chi connectivity index (χ3v) is 2.48. The highest BCUT2D eigenvalue weighted by molar-refractivity contribution is 5.52. The Hall–Kier alpha value is -1.50. The Bertz CT molecular complexity index is 359. The lowest BCUT2D eigenvalue weighted by atomic mass is 10.2. The van der Waals surface area contributed by atoms with Crippen LogP contribution in [0.4, 0.5) is 5.82 Å². The van der Waals surface area contributed by atoms with Crippen LogP contribution in [0.2, 0.25) is 0 Å². The van der Waals surface area contributed by atoms with Gasteiger partial charge in [-0.1, -0.05) is 26.7 Å². The van der Waals surface area contributed by atoms with E-state index in [2.05, 4.69) is 18.1 Å². The van der Waals surface area contributed by atoms with E-state index in [9.17, 15) is 0 Å². The van der Waals surface area contributed by atoms with Crippen molar-refractivity contribution in [2.24, 2.45) is 0 Å². The predicted molar refractivity (Wildman–Crippen MR) is 60.3 cm³/mol. The molecule has 0 fully saturated rings. The Morgan fingerprint density at radius 1 is 1.40 bits per heavy atom.